The van der Waals surface area contributed by atoms with Crippen molar-refractivity contribution >= 4 is 23.0 Å². The van der Waals surface area contributed by atoms with Crippen LogP contribution in [0.5, 0.6) is 0 Å². The molecule has 22 heavy (non-hydrogen) atoms. The molecule has 1 N–H and O–H groups in total. The van der Waals surface area contributed by atoms with Crippen LogP contribution in [0.3, 0.4) is 0 Å². The van der Waals surface area contributed by atoms with E-state index in [9.17, 15) is 4.79 Å². The topological polar surface area (TPSA) is 98.7 Å². The van der Waals surface area contributed by atoms with Crippen LogP contribution < -0.4 is 5.32 Å². The molecular weight excluding hydrogens is 284 g/mol. The van der Waals surface area contributed by atoms with Gasteiger partial charge in [0.25, 0.3) is 11.6 Å². The number of hydrogen-bond acceptors (Lipinski definition) is 6. The number of fused-ring (bicyclic) bond motifs is 1. The highest BCUT2D eigenvalue weighted by Gasteiger charge is 2.22. The molecular formula is C14H16N6O2. The zero-order valence-electron chi connectivity index (χ0n) is 12.8. The highest BCUT2D eigenvalue weighted by atomic mass is 16.5. The van der Waals surface area contributed by atoms with E-state index in [2.05, 4.69) is 25.7 Å². The molecule has 0 saturated carbocycles. The molecule has 0 atom stereocenters. The van der Waals surface area contributed by atoms with Crippen LogP contribution in [0.25, 0.3) is 11.1 Å². The average Bonchev–Trinajstić information content (AvgIpc) is 3.04. The van der Waals surface area contributed by atoms with Crippen molar-refractivity contribution in [3.8, 4) is 0 Å². The van der Waals surface area contributed by atoms with Crippen molar-refractivity contribution in [2.75, 3.05) is 5.32 Å². The fraction of sp³-hybridized carbons (Fsp3) is 0.357. The number of anilines is 1. The second-order valence-corrected chi connectivity index (χ2v) is 5.43. The van der Waals surface area contributed by atoms with Crippen LogP contribution in [-0.2, 0) is 7.05 Å². The molecule has 0 bridgehead atoms. The summed E-state index contributed by atoms with van der Waals surface area (Å²) < 4.78 is 6.89. The number of aromatic nitrogens is 5. The van der Waals surface area contributed by atoms with Gasteiger partial charge in [-0.25, -0.2) is 4.98 Å². The molecule has 0 unspecified atom stereocenters. The number of pyridine rings is 1. The second kappa shape index (κ2) is 5.21. The van der Waals surface area contributed by atoms with Gasteiger partial charge in [0.05, 0.1) is 16.6 Å². The SMILES string of the molecule is Cc1cc(C(=O)Nc2nncn2C)c2c(C(C)C)noc2n1. The maximum absolute atomic E-state index is 12.6. The van der Waals surface area contributed by atoms with Gasteiger partial charge in [-0.2, -0.15) is 0 Å². The Morgan fingerprint density at radius 2 is 2.18 bits per heavy atom. The normalized spacial score (nSPS) is 11.3. The Hall–Kier alpha value is -2.77. The van der Waals surface area contributed by atoms with Crippen molar-refractivity contribution < 1.29 is 9.32 Å². The fourth-order valence-corrected chi connectivity index (χ4v) is 2.23. The van der Waals surface area contributed by atoms with Crippen molar-refractivity contribution in [1.82, 2.24) is 24.9 Å². The van der Waals surface area contributed by atoms with Crippen LogP contribution in [0.2, 0.25) is 0 Å². The van der Waals surface area contributed by atoms with Crippen LogP contribution in [-0.4, -0.2) is 30.8 Å². The summed E-state index contributed by atoms with van der Waals surface area (Å²) in [5.41, 5.74) is 2.23. The quantitative estimate of drug-likeness (QED) is 0.794. The molecule has 0 aliphatic heterocycles. The lowest BCUT2D eigenvalue weighted by atomic mass is 10.0. The van der Waals surface area contributed by atoms with Crippen molar-refractivity contribution in [2.24, 2.45) is 7.05 Å². The zero-order chi connectivity index (χ0) is 15.9. The van der Waals surface area contributed by atoms with E-state index in [-0.39, 0.29) is 11.8 Å². The van der Waals surface area contributed by atoms with Crippen LogP contribution in [0.4, 0.5) is 5.95 Å². The monoisotopic (exact) mass is 300 g/mol. The zero-order valence-corrected chi connectivity index (χ0v) is 12.8. The van der Waals surface area contributed by atoms with E-state index < -0.39 is 0 Å². The molecule has 1 amide bonds. The highest BCUT2D eigenvalue weighted by molar-refractivity contribution is 6.11. The fourth-order valence-electron chi connectivity index (χ4n) is 2.23. The number of amides is 1. The molecule has 0 aromatic carbocycles. The highest BCUT2D eigenvalue weighted by Crippen LogP contribution is 2.27. The molecule has 0 aliphatic carbocycles. The first-order valence-corrected chi connectivity index (χ1v) is 6.89. The molecule has 0 aliphatic rings. The molecule has 3 aromatic heterocycles. The summed E-state index contributed by atoms with van der Waals surface area (Å²) in [5, 5.41) is 15.0. The van der Waals surface area contributed by atoms with Crippen LogP contribution in [0.15, 0.2) is 16.9 Å². The minimum atomic E-state index is -0.295. The molecule has 0 radical (unpaired) electrons. The Labute approximate surface area is 126 Å². The Morgan fingerprint density at radius 1 is 1.41 bits per heavy atom. The van der Waals surface area contributed by atoms with E-state index in [1.54, 1.807) is 24.6 Å². The third-order valence-electron chi connectivity index (χ3n) is 3.33. The second-order valence-electron chi connectivity index (χ2n) is 5.43. The van der Waals surface area contributed by atoms with E-state index in [0.29, 0.717) is 34.0 Å². The van der Waals surface area contributed by atoms with E-state index in [1.807, 2.05) is 13.8 Å². The Kier molecular flexibility index (Phi) is 3.36. The van der Waals surface area contributed by atoms with Gasteiger partial charge in [-0.1, -0.05) is 19.0 Å². The molecule has 8 nitrogen and oxygen atoms in total. The van der Waals surface area contributed by atoms with Crippen molar-refractivity contribution in [3.63, 3.8) is 0 Å². The molecule has 0 spiro atoms. The van der Waals surface area contributed by atoms with Crippen LogP contribution in [0, 0.1) is 6.92 Å². The molecule has 8 heteroatoms. The van der Waals surface area contributed by atoms with E-state index in [1.165, 1.54) is 6.33 Å². The van der Waals surface area contributed by atoms with Gasteiger partial charge >= 0.3 is 0 Å². The van der Waals surface area contributed by atoms with Crippen LogP contribution >= 0.6 is 0 Å². The van der Waals surface area contributed by atoms with Gasteiger partial charge in [-0.3, -0.25) is 10.1 Å². The van der Waals surface area contributed by atoms with Gasteiger partial charge in [0.15, 0.2) is 0 Å². The van der Waals surface area contributed by atoms with Gasteiger partial charge in [-0.05, 0) is 18.9 Å². The van der Waals surface area contributed by atoms with Crippen LogP contribution in [0.1, 0.15) is 41.5 Å². The molecule has 114 valence electrons. The van der Waals surface area contributed by atoms with Gasteiger partial charge < -0.3 is 9.09 Å². The smallest absolute Gasteiger partial charge is 0.259 e. The number of carbonyl (C=O) groups is 1. The maximum atomic E-state index is 12.6. The predicted octanol–water partition coefficient (Wildman–Crippen LogP) is 2.04. The first kappa shape index (κ1) is 14.2. The summed E-state index contributed by atoms with van der Waals surface area (Å²) in [6, 6.07) is 1.72. The lowest BCUT2D eigenvalue weighted by molar-refractivity contribution is 0.102. The minimum absolute atomic E-state index is 0.118. The summed E-state index contributed by atoms with van der Waals surface area (Å²) in [7, 11) is 1.75. The van der Waals surface area contributed by atoms with Gasteiger partial charge in [0.1, 0.15) is 6.33 Å². The lowest BCUT2D eigenvalue weighted by Crippen LogP contribution is -2.16. The number of nitrogens with one attached hydrogen (secondary N) is 1. The average molecular weight is 300 g/mol. The maximum Gasteiger partial charge on any atom is 0.259 e. The molecule has 0 saturated heterocycles. The van der Waals surface area contributed by atoms with Crippen molar-refractivity contribution in [3.05, 3.63) is 29.3 Å². The first-order valence-electron chi connectivity index (χ1n) is 6.89. The summed E-state index contributed by atoms with van der Waals surface area (Å²) in [5.74, 6) is 0.194. The Balaban J connectivity index is 2.10. The standard InChI is InChI=1S/C14H16N6O2/c1-7(2)11-10-9(5-8(3)16-13(10)22-19-11)12(21)17-14-18-15-6-20(14)4/h5-7H,1-4H3,(H,17,18,21). The third kappa shape index (κ3) is 2.32. The first-order chi connectivity index (χ1) is 10.5. The summed E-state index contributed by atoms with van der Waals surface area (Å²) >= 11 is 0. The summed E-state index contributed by atoms with van der Waals surface area (Å²) in [4.78, 5) is 16.9. The number of aryl methyl sites for hydroxylation is 2. The Morgan fingerprint density at radius 3 is 2.82 bits per heavy atom. The number of carbonyl (C=O) groups excluding carboxylic acids is 1. The molecule has 3 rings (SSSR count). The largest absolute Gasteiger partial charge is 0.335 e. The third-order valence-corrected chi connectivity index (χ3v) is 3.33. The molecule has 3 heterocycles. The van der Waals surface area contributed by atoms with Crippen molar-refractivity contribution in [2.45, 2.75) is 26.7 Å². The Bertz CT molecular complexity index is 848. The van der Waals surface area contributed by atoms with Gasteiger partial charge in [0.2, 0.25) is 5.95 Å². The summed E-state index contributed by atoms with van der Waals surface area (Å²) in [6.45, 7) is 5.78. The van der Waals surface area contributed by atoms with Gasteiger partial charge in [-0.15, -0.1) is 10.2 Å². The molecule has 3 aromatic rings. The van der Waals surface area contributed by atoms with Crippen molar-refractivity contribution in [1.29, 1.82) is 0 Å². The predicted molar refractivity (Wildman–Crippen MR) is 79.6 cm³/mol. The molecule has 0 fully saturated rings. The number of rotatable bonds is 3. The summed E-state index contributed by atoms with van der Waals surface area (Å²) in [6.07, 6.45) is 1.52. The number of nitrogens with zero attached hydrogens (tertiary/aromatic N) is 5. The minimum Gasteiger partial charge on any atom is -0.335 e. The van der Waals surface area contributed by atoms with E-state index in [0.717, 1.165) is 0 Å². The van der Waals surface area contributed by atoms with E-state index >= 15 is 0 Å². The lowest BCUT2D eigenvalue weighted by Gasteiger charge is -2.07. The van der Waals surface area contributed by atoms with Gasteiger partial charge in [0, 0.05) is 12.7 Å². The number of hydrogen-bond donors (Lipinski definition) is 1. The van der Waals surface area contributed by atoms with E-state index in [4.69, 9.17) is 4.52 Å².